The van der Waals surface area contributed by atoms with E-state index in [-0.39, 0.29) is 6.10 Å². The predicted molar refractivity (Wildman–Crippen MR) is 75.5 cm³/mol. The van der Waals surface area contributed by atoms with Crippen LogP contribution in [0.25, 0.3) is 10.9 Å². The number of nitrogens with one attached hydrogen (secondary N) is 1. The second-order valence-corrected chi connectivity index (χ2v) is 4.78. The van der Waals surface area contributed by atoms with E-state index in [1.54, 1.807) is 0 Å². The van der Waals surface area contributed by atoms with Crippen molar-refractivity contribution in [1.82, 2.24) is 4.98 Å². The Labute approximate surface area is 112 Å². The standard InChI is InChI=1S/C15H18N2O2/c1-11-8-15(13-4-2-3-5-14(13)17-11)16-9-12-10-18-6-7-19-12/h2-5,8,12H,6-7,9-10H2,1H3,(H,16,17). The van der Waals surface area contributed by atoms with Crippen LogP contribution < -0.4 is 5.32 Å². The number of pyridine rings is 1. The molecule has 1 saturated heterocycles. The highest BCUT2D eigenvalue weighted by molar-refractivity contribution is 5.91. The van der Waals surface area contributed by atoms with Crippen LogP contribution >= 0.6 is 0 Å². The summed E-state index contributed by atoms with van der Waals surface area (Å²) in [7, 11) is 0. The number of nitrogens with zero attached hydrogens (tertiary/aromatic N) is 1. The van der Waals surface area contributed by atoms with Crippen molar-refractivity contribution >= 4 is 16.6 Å². The molecule has 3 rings (SSSR count). The summed E-state index contributed by atoms with van der Waals surface area (Å²) in [4.78, 5) is 4.54. The Kier molecular flexibility index (Phi) is 3.62. The number of para-hydroxylation sites is 1. The molecule has 1 aliphatic rings. The quantitative estimate of drug-likeness (QED) is 0.918. The van der Waals surface area contributed by atoms with Gasteiger partial charge in [0.05, 0.1) is 31.4 Å². The Morgan fingerprint density at radius 2 is 2.21 bits per heavy atom. The monoisotopic (exact) mass is 258 g/mol. The smallest absolute Gasteiger partial charge is 0.0981 e. The normalized spacial score (nSPS) is 19.5. The Morgan fingerprint density at radius 1 is 1.32 bits per heavy atom. The molecule has 0 spiro atoms. The van der Waals surface area contributed by atoms with Crippen LogP contribution in [0.15, 0.2) is 30.3 Å². The van der Waals surface area contributed by atoms with Gasteiger partial charge in [-0.15, -0.1) is 0 Å². The van der Waals surface area contributed by atoms with E-state index in [9.17, 15) is 0 Å². The Morgan fingerprint density at radius 3 is 3.05 bits per heavy atom. The molecule has 2 aromatic rings. The fraction of sp³-hybridized carbons (Fsp3) is 0.400. The Bertz CT molecular complexity index is 565. The minimum absolute atomic E-state index is 0.126. The van der Waals surface area contributed by atoms with Crippen LogP contribution in [0.3, 0.4) is 0 Å². The summed E-state index contributed by atoms with van der Waals surface area (Å²) in [6, 6.07) is 10.2. The highest BCUT2D eigenvalue weighted by Gasteiger charge is 2.14. The van der Waals surface area contributed by atoms with Gasteiger partial charge in [0.1, 0.15) is 0 Å². The summed E-state index contributed by atoms with van der Waals surface area (Å²) in [5, 5.41) is 4.60. The third kappa shape index (κ3) is 2.85. The number of hydrogen-bond donors (Lipinski definition) is 1. The number of anilines is 1. The molecule has 4 nitrogen and oxygen atoms in total. The summed E-state index contributed by atoms with van der Waals surface area (Å²) in [5.74, 6) is 0. The molecule has 19 heavy (non-hydrogen) atoms. The van der Waals surface area contributed by atoms with Crippen LogP contribution in [-0.4, -0.2) is 37.5 Å². The van der Waals surface area contributed by atoms with Crippen LogP contribution in [0.5, 0.6) is 0 Å². The maximum absolute atomic E-state index is 5.64. The summed E-state index contributed by atoms with van der Waals surface area (Å²) < 4.78 is 11.0. The van der Waals surface area contributed by atoms with Gasteiger partial charge in [0.15, 0.2) is 0 Å². The van der Waals surface area contributed by atoms with Crippen LogP contribution in [-0.2, 0) is 9.47 Å². The van der Waals surface area contributed by atoms with E-state index < -0.39 is 0 Å². The molecule has 0 bridgehead atoms. The highest BCUT2D eigenvalue weighted by Crippen LogP contribution is 2.23. The molecule has 0 radical (unpaired) electrons. The van der Waals surface area contributed by atoms with Gasteiger partial charge in [0.25, 0.3) is 0 Å². The number of ether oxygens (including phenoxy) is 2. The van der Waals surface area contributed by atoms with Crippen LogP contribution in [0.2, 0.25) is 0 Å². The average Bonchev–Trinajstić information content (AvgIpc) is 2.45. The zero-order chi connectivity index (χ0) is 13.1. The van der Waals surface area contributed by atoms with Crippen molar-refractivity contribution in [2.45, 2.75) is 13.0 Å². The zero-order valence-corrected chi connectivity index (χ0v) is 11.1. The lowest BCUT2D eigenvalue weighted by Gasteiger charge is -2.23. The van der Waals surface area contributed by atoms with Gasteiger partial charge in [-0.05, 0) is 19.1 Å². The molecule has 1 unspecified atom stereocenters. The van der Waals surface area contributed by atoms with E-state index in [2.05, 4.69) is 22.4 Å². The number of benzene rings is 1. The second-order valence-electron chi connectivity index (χ2n) is 4.78. The van der Waals surface area contributed by atoms with Gasteiger partial charge in [0, 0.05) is 23.3 Å². The SMILES string of the molecule is Cc1cc(NCC2COCCO2)c2ccccc2n1. The van der Waals surface area contributed by atoms with Gasteiger partial charge >= 0.3 is 0 Å². The zero-order valence-electron chi connectivity index (χ0n) is 11.1. The first-order valence-corrected chi connectivity index (χ1v) is 6.62. The van der Waals surface area contributed by atoms with Gasteiger partial charge in [-0.1, -0.05) is 18.2 Å². The predicted octanol–water partition coefficient (Wildman–Crippen LogP) is 2.37. The molecule has 1 aromatic carbocycles. The topological polar surface area (TPSA) is 43.4 Å². The maximum Gasteiger partial charge on any atom is 0.0981 e. The fourth-order valence-corrected chi connectivity index (χ4v) is 2.33. The van der Waals surface area contributed by atoms with Crippen LogP contribution in [0, 0.1) is 6.92 Å². The number of hydrogen-bond acceptors (Lipinski definition) is 4. The van der Waals surface area contributed by atoms with Crippen molar-refractivity contribution in [2.24, 2.45) is 0 Å². The second kappa shape index (κ2) is 5.55. The van der Waals surface area contributed by atoms with Crippen LogP contribution in [0.4, 0.5) is 5.69 Å². The lowest BCUT2D eigenvalue weighted by Crippen LogP contribution is -2.34. The molecule has 0 amide bonds. The van der Waals surface area contributed by atoms with Gasteiger partial charge in [-0.2, -0.15) is 0 Å². The third-order valence-corrected chi connectivity index (χ3v) is 3.25. The molecule has 2 heterocycles. The summed E-state index contributed by atoms with van der Waals surface area (Å²) >= 11 is 0. The van der Waals surface area contributed by atoms with E-state index in [4.69, 9.17) is 9.47 Å². The summed E-state index contributed by atoms with van der Waals surface area (Å²) in [6.45, 7) is 4.82. The van der Waals surface area contributed by atoms with Crippen molar-refractivity contribution < 1.29 is 9.47 Å². The van der Waals surface area contributed by atoms with Gasteiger partial charge in [-0.25, -0.2) is 0 Å². The molecular weight excluding hydrogens is 240 g/mol. The van der Waals surface area contributed by atoms with Crippen molar-refractivity contribution in [1.29, 1.82) is 0 Å². The lowest BCUT2D eigenvalue weighted by atomic mass is 10.1. The molecule has 1 fully saturated rings. The lowest BCUT2D eigenvalue weighted by molar-refractivity contribution is -0.0818. The first kappa shape index (κ1) is 12.4. The molecule has 1 atom stereocenters. The van der Waals surface area contributed by atoms with Crippen molar-refractivity contribution in [2.75, 3.05) is 31.7 Å². The van der Waals surface area contributed by atoms with E-state index >= 15 is 0 Å². The molecule has 4 heteroatoms. The molecule has 100 valence electrons. The maximum atomic E-state index is 5.64. The molecular formula is C15H18N2O2. The Hall–Kier alpha value is -1.65. The number of rotatable bonds is 3. The molecule has 1 N–H and O–H groups in total. The summed E-state index contributed by atoms with van der Waals surface area (Å²) in [5.41, 5.74) is 3.14. The first-order valence-electron chi connectivity index (χ1n) is 6.62. The molecule has 0 saturated carbocycles. The van der Waals surface area contributed by atoms with Crippen LogP contribution in [0.1, 0.15) is 5.69 Å². The summed E-state index contributed by atoms with van der Waals surface area (Å²) in [6.07, 6.45) is 0.126. The Balaban J connectivity index is 1.79. The van der Waals surface area contributed by atoms with Crippen molar-refractivity contribution in [3.05, 3.63) is 36.0 Å². The first-order chi connectivity index (χ1) is 9.33. The minimum atomic E-state index is 0.126. The van der Waals surface area contributed by atoms with E-state index in [0.717, 1.165) is 28.8 Å². The largest absolute Gasteiger partial charge is 0.382 e. The molecule has 1 aliphatic heterocycles. The minimum Gasteiger partial charge on any atom is -0.382 e. The molecule has 0 aliphatic carbocycles. The number of aryl methyl sites for hydroxylation is 1. The van der Waals surface area contributed by atoms with E-state index in [1.165, 1.54) is 0 Å². The van der Waals surface area contributed by atoms with Gasteiger partial charge in [0.2, 0.25) is 0 Å². The van der Waals surface area contributed by atoms with E-state index in [0.29, 0.717) is 19.8 Å². The van der Waals surface area contributed by atoms with Crippen molar-refractivity contribution in [3.8, 4) is 0 Å². The number of aromatic nitrogens is 1. The van der Waals surface area contributed by atoms with Gasteiger partial charge in [-0.3, -0.25) is 4.98 Å². The van der Waals surface area contributed by atoms with Crippen molar-refractivity contribution in [3.63, 3.8) is 0 Å². The van der Waals surface area contributed by atoms with E-state index in [1.807, 2.05) is 25.1 Å². The third-order valence-electron chi connectivity index (χ3n) is 3.25. The van der Waals surface area contributed by atoms with Gasteiger partial charge < -0.3 is 14.8 Å². The average molecular weight is 258 g/mol. The number of fused-ring (bicyclic) bond motifs is 1. The molecule has 1 aromatic heterocycles. The highest BCUT2D eigenvalue weighted by atomic mass is 16.6. The fourth-order valence-electron chi connectivity index (χ4n) is 2.33.